The first-order chi connectivity index (χ1) is 18.9. The number of hydrogen-bond donors (Lipinski definition) is 3. The van der Waals surface area contributed by atoms with Crippen molar-refractivity contribution in [3.05, 3.63) is 102 Å². The van der Waals surface area contributed by atoms with E-state index in [0.29, 0.717) is 17.5 Å². The second kappa shape index (κ2) is 10.4. The zero-order valence-electron chi connectivity index (χ0n) is 24.4. The summed E-state index contributed by atoms with van der Waals surface area (Å²) in [5.74, 6) is 1.98. The normalized spacial score (nSPS) is 12.0. The third kappa shape index (κ3) is 5.16. The van der Waals surface area contributed by atoms with Gasteiger partial charge in [-0.05, 0) is 81.5 Å². The molecule has 0 unspecified atom stereocenters. The quantitative estimate of drug-likeness (QED) is 0.152. The molecule has 40 heavy (non-hydrogen) atoms. The Morgan fingerprint density at radius 1 is 0.825 bits per heavy atom. The van der Waals surface area contributed by atoms with E-state index in [-0.39, 0.29) is 16.9 Å². The molecule has 206 valence electrons. The highest BCUT2D eigenvalue weighted by atomic mass is 16.3. The first-order valence-electron chi connectivity index (χ1n) is 14.0. The maximum Gasteiger partial charge on any atom is 0.270 e. The molecule has 3 aromatic carbocycles. The molecule has 0 atom stereocenters. The summed E-state index contributed by atoms with van der Waals surface area (Å²) in [4.78, 5) is 3.45. The molecular weight excluding hydrogens is 494 g/mol. The standard InChI is InChI=1S/C35H39N3O2/c1-22(2)26-9-8-10-27(23(3)4)34(26)24-11-14-31(39)28(19-24)29-13-16-33(36-29)38-18-17-37(21-38)30-20-25(35(5,6)7)12-15-32(30)40/h8-20,22-23,36,39-40H,1-7H3. The molecule has 3 N–H and O–H groups in total. The van der Waals surface area contributed by atoms with Crippen LogP contribution in [0.4, 0.5) is 0 Å². The Bertz CT molecular complexity index is 1640. The first-order valence-corrected chi connectivity index (χ1v) is 14.0. The first kappa shape index (κ1) is 27.3. The van der Waals surface area contributed by atoms with Crippen LogP contribution < -0.4 is 4.57 Å². The van der Waals surface area contributed by atoms with Crippen LogP contribution in [0.25, 0.3) is 33.9 Å². The van der Waals surface area contributed by atoms with Crippen LogP contribution in [0.3, 0.4) is 0 Å². The van der Waals surface area contributed by atoms with Crippen LogP contribution in [0.5, 0.6) is 11.5 Å². The minimum absolute atomic E-state index is 0.0396. The topological polar surface area (TPSA) is 65.1 Å². The highest BCUT2D eigenvalue weighted by Gasteiger charge is 2.19. The van der Waals surface area contributed by atoms with Crippen molar-refractivity contribution >= 4 is 0 Å². The summed E-state index contributed by atoms with van der Waals surface area (Å²) in [5, 5.41) is 21.4. The van der Waals surface area contributed by atoms with Gasteiger partial charge in [0.05, 0.1) is 0 Å². The van der Waals surface area contributed by atoms with E-state index in [0.717, 1.165) is 28.2 Å². The molecule has 0 aliphatic rings. The predicted octanol–water partition coefficient (Wildman–Crippen LogP) is 8.17. The summed E-state index contributed by atoms with van der Waals surface area (Å²) in [6.45, 7) is 15.3. The number of H-pyrrole nitrogens is 1. The van der Waals surface area contributed by atoms with Crippen LogP contribution in [0.1, 0.15) is 77.0 Å². The number of nitrogens with zero attached hydrogens (tertiary/aromatic N) is 2. The van der Waals surface area contributed by atoms with E-state index >= 15 is 0 Å². The molecule has 0 amide bonds. The predicted molar refractivity (Wildman–Crippen MR) is 162 cm³/mol. The average Bonchev–Trinajstić information content (AvgIpc) is 3.58. The molecule has 0 fully saturated rings. The molecule has 0 aliphatic carbocycles. The molecular formula is C35H39N3O2. The molecule has 2 heterocycles. The van der Waals surface area contributed by atoms with E-state index in [1.54, 1.807) is 16.7 Å². The zero-order chi connectivity index (χ0) is 28.8. The van der Waals surface area contributed by atoms with Crippen molar-refractivity contribution in [2.45, 2.75) is 65.7 Å². The Balaban J connectivity index is 1.52. The van der Waals surface area contributed by atoms with Crippen molar-refractivity contribution in [3.8, 4) is 45.4 Å². The van der Waals surface area contributed by atoms with Crippen LogP contribution in [0, 0.1) is 6.33 Å². The van der Waals surface area contributed by atoms with Gasteiger partial charge in [-0.3, -0.25) is 9.13 Å². The number of nitrogens with one attached hydrogen (secondary N) is 1. The second-order valence-electron chi connectivity index (χ2n) is 12.2. The van der Waals surface area contributed by atoms with Crippen molar-refractivity contribution in [3.63, 3.8) is 0 Å². The zero-order valence-corrected chi connectivity index (χ0v) is 24.4. The highest BCUT2D eigenvalue weighted by Crippen LogP contribution is 2.40. The maximum atomic E-state index is 10.9. The number of aromatic nitrogens is 3. The van der Waals surface area contributed by atoms with Crippen LogP contribution in [-0.4, -0.2) is 19.8 Å². The molecule has 0 saturated carbocycles. The Kier molecular flexibility index (Phi) is 7.09. The highest BCUT2D eigenvalue weighted by molar-refractivity contribution is 5.80. The number of hydrogen-bond acceptors (Lipinski definition) is 2. The lowest BCUT2D eigenvalue weighted by Gasteiger charge is -2.20. The fourth-order valence-corrected chi connectivity index (χ4v) is 5.24. The summed E-state index contributed by atoms with van der Waals surface area (Å²) in [7, 11) is 0. The average molecular weight is 534 g/mol. The van der Waals surface area contributed by atoms with Gasteiger partial charge in [-0.2, -0.15) is 0 Å². The molecule has 0 aliphatic heterocycles. The molecule has 0 radical (unpaired) electrons. The number of aromatic amines is 1. The molecule has 5 rings (SSSR count). The third-order valence-electron chi connectivity index (χ3n) is 7.56. The van der Waals surface area contributed by atoms with E-state index in [2.05, 4.69) is 84.0 Å². The molecule has 0 bridgehead atoms. The van der Waals surface area contributed by atoms with Crippen LogP contribution in [0.2, 0.25) is 0 Å². The van der Waals surface area contributed by atoms with E-state index < -0.39 is 0 Å². The van der Waals surface area contributed by atoms with Crippen molar-refractivity contribution < 1.29 is 14.8 Å². The summed E-state index contributed by atoms with van der Waals surface area (Å²) in [6, 6.07) is 22.1. The van der Waals surface area contributed by atoms with Crippen molar-refractivity contribution in [1.82, 2.24) is 9.55 Å². The van der Waals surface area contributed by atoms with Gasteiger partial charge in [-0.1, -0.05) is 78.8 Å². The van der Waals surface area contributed by atoms with E-state index in [1.165, 1.54) is 16.7 Å². The molecule has 2 aromatic heterocycles. The Morgan fingerprint density at radius 3 is 2.15 bits per heavy atom. The van der Waals surface area contributed by atoms with Gasteiger partial charge in [0, 0.05) is 23.7 Å². The van der Waals surface area contributed by atoms with Gasteiger partial charge in [-0.25, -0.2) is 0 Å². The van der Waals surface area contributed by atoms with E-state index in [4.69, 9.17) is 0 Å². The fraction of sp³-hybridized carbons (Fsp3) is 0.286. The van der Waals surface area contributed by atoms with Gasteiger partial charge in [0.15, 0.2) is 0 Å². The van der Waals surface area contributed by atoms with Crippen molar-refractivity contribution in [2.24, 2.45) is 0 Å². The monoisotopic (exact) mass is 533 g/mol. The van der Waals surface area contributed by atoms with Crippen LogP contribution >= 0.6 is 0 Å². The minimum Gasteiger partial charge on any atom is -0.511 e. The van der Waals surface area contributed by atoms with E-state index in [9.17, 15) is 10.2 Å². The Morgan fingerprint density at radius 2 is 1.50 bits per heavy atom. The van der Waals surface area contributed by atoms with Gasteiger partial charge in [-0.15, -0.1) is 0 Å². The largest absolute Gasteiger partial charge is 0.511 e. The lowest BCUT2D eigenvalue weighted by Crippen LogP contribution is -2.29. The number of imidazole rings is 1. The lowest BCUT2D eigenvalue weighted by molar-refractivity contribution is -0.599. The van der Waals surface area contributed by atoms with Gasteiger partial charge in [0.25, 0.3) is 6.33 Å². The summed E-state index contributed by atoms with van der Waals surface area (Å²) < 4.78 is 3.64. The lowest BCUT2D eigenvalue weighted by atomic mass is 9.84. The van der Waals surface area contributed by atoms with Crippen molar-refractivity contribution in [1.29, 1.82) is 0 Å². The molecule has 5 heteroatoms. The van der Waals surface area contributed by atoms with Crippen LogP contribution in [-0.2, 0) is 5.41 Å². The molecule has 0 saturated heterocycles. The van der Waals surface area contributed by atoms with Gasteiger partial charge >= 0.3 is 0 Å². The van der Waals surface area contributed by atoms with Gasteiger partial charge in [0.1, 0.15) is 23.0 Å². The second-order valence-corrected chi connectivity index (χ2v) is 12.2. The smallest absolute Gasteiger partial charge is 0.270 e. The Labute approximate surface area is 237 Å². The summed E-state index contributed by atoms with van der Waals surface area (Å²) in [6.07, 6.45) is 7.06. The summed E-state index contributed by atoms with van der Waals surface area (Å²) >= 11 is 0. The molecule has 5 nitrogen and oxygen atoms in total. The Hall–Kier alpha value is -4.25. The van der Waals surface area contributed by atoms with Crippen LogP contribution in [0.15, 0.2) is 79.1 Å². The van der Waals surface area contributed by atoms with Gasteiger partial charge in [0.2, 0.25) is 0 Å². The number of benzene rings is 3. The minimum atomic E-state index is -0.0396. The number of rotatable bonds is 6. The maximum absolute atomic E-state index is 10.9. The fourth-order valence-electron chi connectivity index (χ4n) is 5.24. The van der Waals surface area contributed by atoms with Gasteiger partial charge < -0.3 is 15.2 Å². The van der Waals surface area contributed by atoms with Crippen molar-refractivity contribution in [2.75, 3.05) is 0 Å². The SMILES string of the molecule is CC(C)c1cccc(C(C)C)c1-c1ccc(O)c(-c2ccc(-n3[c-][n+](-c4cc(C(C)(C)C)ccc4O)cc3)[nH]2)c1. The number of phenolic OH excluding ortho intramolecular Hbond substituents is 2. The van der Waals surface area contributed by atoms with E-state index in [1.807, 2.05) is 47.3 Å². The number of aromatic hydroxyl groups is 2. The molecule has 0 spiro atoms. The third-order valence-corrected chi connectivity index (χ3v) is 7.56. The molecule has 5 aromatic rings. The number of phenols is 2. The summed E-state index contributed by atoms with van der Waals surface area (Å²) in [5.41, 5.74) is 8.28.